The van der Waals surface area contributed by atoms with Gasteiger partial charge in [0.2, 0.25) is 0 Å². The van der Waals surface area contributed by atoms with Gasteiger partial charge in [0.25, 0.3) is 0 Å². The van der Waals surface area contributed by atoms with Crippen molar-refractivity contribution in [2.45, 2.75) is 0 Å². The van der Waals surface area contributed by atoms with Crippen LogP contribution in [-0.4, -0.2) is 4.98 Å². The van der Waals surface area contributed by atoms with Crippen LogP contribution in [0.1, 0.15) is 0 Å². The van der Waals surface area contributed by atoms with Gasteiger partial charge < -0.3 is 0 Å². The lowest BCUT2D eigenvalue weighted by molar-refractivity contribution is 1.32. The first-order valence-corrected chi connectivity index (χ1v) is 8.43. The number of aromatic nitrogens is 1. The van der Waals surface area contributed by atoms with Gasteiger partial charge in [-0.2, -0.15) is 11.3 Å². The molecule has 112 valence electrons. The maximum atomic E-state index is 4.71. The minimum Gasteiger partial charge on any atom is -0.248 e. The summed E-state index contributed by atoms with van der Waals surface area (Å²) in [6, 6.07) is 30.7. The summed E-state index contributed by atoms with van der Waals surface area (Å²) in [7, 11) is 0. The van der Waals surface area contributed by atoms with Gasteiger partial charge in [0.05, 0.1) is 11.4 Å². The van der Waals surface area contributed by atoms with Crippen LogP contribution in [0.25, 0.3) is 22.5 Å². The number of nitrogens with zero attached hydrogens (tertiary/aromatic N) is 1. The van der Waals surface area contributed by atoms with Crippen molar-refractivity contribution in [3.63, 3.8) is 0 Å². The molecule has 2 heteroatoms. The van der Waals surface area contributed by atoms with Crippen molar-refractivity contribution in [2.24, 2.45) is 0 Å². The molecule has 2 aromatic heterocycles. The normalized spacial score (nSPS) is 9.74. The van der Waals surface area contributed by atoms with E-state index in [1.165, 1.54) is 0 Å². The van der Waals surface area contributed by atoms with Crippen LogP contribution in [-0.2, 0) is 0 Å². The molecule has 0 saturated heterocycles. The smallest absolute Gasteiger partial charge is 0.0709 e. The summed E-state index contributed by atoms with van der Waals surface area (Å²) in [5, 5.41) is 4.08. The quantitative estimate of drug-likeness (QED) is 0.431. The minimum absolute atomic E-state index is 1.01. The molecule has 0 bridgehead atoms. The second kappa shape index (κ2) is 8.06. The van der Waals surface area contributed by atoms with E-state index in [9.17, 15) is 0 Å². The zero-order valence-corrected chi connectivity index (χ0v) is 13.5. The molecule has 0 atom stereocenters. The molecule has 2 aromatic carbocycles. The Balaban J connectivity index is 0.000000267. The van der Waals surface area contributed by atoms with Gasteiger partial charge in [0, 0.05) is 11.1 Å². The van der Waals surface area contributed by atoms with Crippen LogP contribution in [0.4, 0.5) is 0 Å². The SMILES string of the molecule is c1ccc(-c2cccc(-c3ccccc3)n2)cc1.c1ccsc1. The van der Waals surface area contributed by atoms with Crippen LogP contribution >= 0.6 is 11.3 Å². The topological polar surface area (TPSA) is 12.9 Å². The highest BCUT2D eigenvalue weighted by Crippen LogP contribution is 2.21. The summed E-state index contributed by atoms with van der Waals surface area (Å²) >= 11 is 1.71. The number of benzene rings is 2. The monoisotopic (exact) mass is 315 g/mol. The van der Waals surface area contributed by atoms with E-state index in [0.29, 0.717) is 0 Å². The van der Waals surface area contributed by atoms with Gasteiger partial charge in [-0.15, -0.1) is 0 Å². The maximum Gasteiger partial charge on any atom is 0.0709 e. The predicted molar refractivity (Wildman–Crippen MR) is 99.4 cm³/mol. The van der Waals surface area contributed by atoms with Crippen LogP contribution in [0.2, 0.25) is 0 Å². The fourth-order valence-electron chi connectivity index (χ4n) is 2.20. The van der Waals surface area contributed by atoms with E-state index < -0.39 is 0 Å². The third-order valence-electron chi connectivity index (χ3n) is 3.31. The molecule has 0 N–H and O–H groups in total. The summed E-state index contributed by atoms with van der Waals surface area (Å²) < 4.78 is 0. The molecule has 0 saturated carbocycles. The van der Waals surface area contributed by atoms with Gasteiger partial charge >= 0.3 is 0 Å². The Kier molecular flexibility index (Phi) is 5.33. The fraction of sp³-hybridized carbons (Fsp3) is 0. The van der Waals surface area contributed by atoms with Gasteiger partial charge in [-0.3, -0.25) is 0 Å². The Labute approximate surface area is 140 Å². The number of rotatable bonds is 2. The van der Waals surface area contributed by atoms with Gasteiger partial charge in [0.15, 0.2) is 0 Å². The fourth-order valence-corrected chi connectivity index (χ4v) is 2.65. The van der Waals surface area contributed by atoms with Gasteiger partial charge in [-0.1, -0.05) is 78.9 Å². The first kappa shape index (κ1) is 15.2. The van der Waals surface area contributed by atoms with Crippen LogP contribution in [0, 0.1) is 0 Å². The van der Waals surface area contributed by atoms with Gasteiger partial charge in [-0.25, -0.2) is 4.98 Å². The molecule has 0 fully saturated rings. The molecule has 0 radical (unpaired) electrons. The predicted octanol–water partition coefficient (Wildman–Crippen LogP) is 6.16. The summed E-state index contributed by atoms with van der Waals surface area (Å²) in [5.41, 5.74) is 4.32. The van der Waals surface area contributed by atoms with Gasteiger partial charge in [-0.05, 0) is 22.9 Å². The van der Waals surface area contributed by atoms with E-state index >= 15 is 0 Å². The first-order chi connectivity index (χ1) is 11.4. The summed E-state index contributed by atoms with van der Waals surface area (Å²) in [6.07, 6.45) is 0. The van der Waals surface area contributed by atoms with E-state index in [1.54, 1.807) is 11.3 Å². The second-order valence-electron chi connectivity index (χ2n) is 4.93. The number of pyridine rings is 1. The van der Waals surface area contributed by atoms with Crippen molar-refractivity contribution in [3.8, 4) is 22.5 Å². The Morgan fingerprint density at radius 3 is 1.35 bits per heavy atom. The lowest BCUT2D eigenvalue weighted by atomic mass is 10.1. The molecule has 23 heavy (non-hydrogen) atoms. The van der Waals surface area contributed by atoms with Crippen molar-refractivity contribution < 1.29 is 0 Å². The highest BCUT2D eigenvalue weighted by molar-refractivity contribution is 7.07. The molecule has 0 amide bonds. The Morgan fingerprint density at radius 2 is 0.957 bits per heavy atom. The number of hydrogen-bond acceptors (Lipinski definition) is 2. The van der Waals surface area contributed by atoms with E-state index in [-0.39, 0.29) is 0 Å². The van der Waals surface area contributed by atoms with E-state index in [2.05, 4.69) is 30.3 Å². The van der Waals surface area contributed by atoms with E-state index in [1.807, 2.05) is 71.4 Å². The first-order valence-electron chi connectivity index (χ1n) is 7.48. The summed E-state index contributed by atoms with van der Waals surface area (Å²) in [4.78, 5) is 4.71. The molecule has 2 heterocycles. The zero-order chi connectivity index (χ0) is 15.7. The van der Waals surface area contributed by atoms with E-state index in [4.69, 9.17) is 4.98 Å². The third kappa shape index (κ3) is 4.38. The molecular weight excluding hydrogens is 298 g/mol. The average molecular weight is 315 g/mol. The number of hydrogen-bond donors (Lipinski definition) is 0. The van der Waals surface area contributed by atoms with Gasteiger partial charge in [0.1, 0.15) is 0 Å². The Bertz CT molecular complexity index is 737. The van der Waals surface area contributed by atoms with Crippen LogP contribution in [0.15, 0.2) is 102 Å². The Hall–Kier alpha value is -2.71. The summed E-state index contributed by atoms with van der Waals surface area (Å²) in [6.45, 7) is 0. The standard InChI is InChI=1S/C17H13N.C4H4S/c1-3-8-14(9-4-1)16-12-7-13-17(18-16)15-10-5-2-6-11-15;1-2-4-5-3-1/h1-13H;1-4H. The lowest BCUT2D eigenvalue weighted by Crippen LogP contribution is -1.87. The molecular formula is C21H17NS. The van der Waals surface area contributed by atoms with Crippen molar-refractivity contribution in [1.82, 2.24) is 4.98 Å². The molecule has 4 aromatic rings. The average Bonchev–Trinajstić information content (AvgIpc) is 3.23. The van der Waals surface area contributed by atoms with Crippen LogP contribution in [0.3, 0.4) is 0 Å². The van der Waals surface area contributed by atoms with Crippen molar-refractivity contribution >= 4 is 11.3 Å². The van der Waals surface area contributed by atoms with E-state index in [0.717, 1.165) is 22.5 Å². The highest BCUT2D eigenvalue weighted by Gasteiger charge is 2.01. The molecule has 0 aliphatic carbocycles. The van der Waals surface area contributed by atoms with Crippen molar-refractivity contribution in [1.29, 1.82) is 0 Å². The minimum atomic E-state index is 1.01. The lowest BCUT2D eigenvalue weighted by Gasteiger charge is -2.04. The van der Waals surface area contributed by atoms with Crippen molar-refractivity contribution in [2.75, 3.05) is 0 Å². The molecule has 1 nitrogen and oxygen atoms in total. The molecule has 0 unspecified atom stereocenters. The zero-order valence-electron chi connectivity index (χ0n) is 12.7. The molecule has 4 rings (SSSR count). The Morgan fingerprint density at radius 1 is 0.478 bits per heavy atom. The molecule has 0 aliphatic heterocycles. The largest absolute Gasteiger partial charge is 0.248 e. The third-order valence-corrected chi connectivity index (χ3v) is 3.94. The summed E-state index contributed by atoms with van der Waals surface area (Å²) in [5.74, 6) is 0. The highest BCUT2D eigenvalue weighted by atomic mass is 32.1. The number of thiophene rings is 1. The van der Waals surface area contributed by atoms with Crippen LogP contribution in [0.5, 0.6) is 0 Å². The van der Waals surface area contributed by atoms with Crippen LogP contribution < -0.4 is 0 Å². The molecule has 0 spiro atoms. The van der Waals surface area contributed by atoms with Crippen molar-refractivity contribution in [3.05, 3.63) is 102 Å². The molecule has 0 aliphatic rings. The second-order valence-corrected chi connectivity index (χ2v) is 5.75. The maximum absolute atomic E-state index is 4.71.